The number of carbonyl (C=O) groups excluding carboxylic acids is 1. The number of benzene rings is 1. The lowest BCUT2D eigenvalue weighted by molar-refractivity contribution is 0.0891. The number of nitrogens with two attached hydrogens (primary N) is 1. The van der Waals surface area contributed by atoms with E-state index in [-0.39, 0.29) is 5.91 Å². The normalized spacial score (nSPS) is 26.1. The molecular formula is C16H25N3O. The standard InChI is InChI=1S/C16H25N3O/c1-10-5-4-6-15(12(10)3)18-16(20)13-7-8-14(19-17)11(2)9-13/h7-10,12,15,19H,4-6,17H2,1-3H3,(H,18,20). The fraction of sp³-hybridized carbons (Fsp3) is 0.562. The van der Waals surface area contributed by atoms with E-state index in [0.717, 1.165) is 17.7 Å². The van der Waals surface area contributed by atoms with Crippen LogP contribution in [0.4, 0.5) is 5.69 Å². The maximum Gasteiger partial charge on any atom is 0.251 e. The van der Waals surface area contributed by atoms with Gasteiger partial charge >= 0.3 is 0 Å². The molecule has 3 atom stereocenters. The Labute approximate surface area is 121 Å². The van der Waals surface area contributed by atoms with Crippen molar-refractivity contribution in [3.05, 3.63) is 29.3 Å². The Kier molecular flexibility index (Phi) is 4.65. The first-order valence-electron chi connectivity index (χ1n) is 7.41. The van der Waals surface area contributed by atoms with Gasteiger partial charge in [-0.1, -0.05) is 26.7 Å². The molecule has 1 fully saturated rings. The van der Waals surface area contributed by atoms with Crippen molar-refractivity contribution in [2.45, 2.75) is 46.1 Å². The van der Waals surface area contributed by atoms with Crippen LogP contribution in [0.15, 0.2) is 18.2 Å². The van der Waals surface area contributed by atoms with Crippen molar-refractivity contribution in [3.63, 3.8) is 0 Å². The average molecular weight is 275 g/mol. The minimum Gasteiger partial charge on any atom is -0.349 e. The Hall–Kier alpha value is -1.55. The van der Waals surface area contributed by atoms with E-state index < -0.39 is 0 Å². The van der Waals surface area contributed by atoms with Crippen LogP contribution in [0.25, 0.3) is 0 Å². The summed E-state index contributed by atoms with van der Waals surface area (Å²) in [6.45, 7) is 6.45. The van der Waals surface area contributed by atoms with Gasteiger partial charge in [-0.3, -0.25) is 10.6 Å². The Bertz CT molecular complexity index is 487. The summed E-state index contributed by atoms with van der Waals surface area (Å²) in [5.74, 6) is 6.65. The zero-order valence-electron chi connectivity index (χ0n) is 12.6. The Balaban J connectivity index is 2.06. The summed E-state index contributed by atoms with van der Waals surface area (Å²) in [7, 11) is 0. The molecule has 110 valence electrons. The van der Waals surface area contributed by atoms with Crippen molar-refractivity contribution in [2.75, 3.05) is 5.43 Å². The molecule has 0 aliphatic heterocycles. The van der Waals surface area contributed by atoms with Crippen molar-refractivity contribution in [3.8, 4) is 0 Å². The quantitative estimate of drug-likeness (QED) is 0.587. The Morgan fingerprint density at radius 1 is 1.30 bits per heavy atom. The van der Waals surface area contributed by atoms with Crippen molar-refractivity contribution < 1.29 is 4.79 Å². The fourth-order valence-corrected chi connectivity index (χ4v) is 3.00. The highest BCUT2D eigenvalue weighted by Gasteiger charge is 2.28. The summed E-state index contributed by atoms with van der Waals surface area (Å²) >= 11 is 0. The first-order valence-corrected chi connectivity index (χ1v) is 7.41. The van der Waals surface area contributed by atoms with Crippen LogP contribution >= 0.6 is 0 Å². The molecule has 1 amide bonds. The van der Waals surface area contributed by atoms with Gasteiger partial charge in [0.05, 0.1) is 5.69 Å². The summed E-state index contributed by atoms with van der Waals surface area (Å²) in [6.07, 6.45) is 3.55. The number of nitrogen functional groups attached to an aromatic ring is 1. The molecule has 0 bridgehead atoms. The molecule has 0 spiro atoms. The van der Waals surface area contributed by atoms with E-state index in [1.165, 1.54) is 12.8 Å². The second kappa shape index (κ2) is 6.27. The van der Waals surface area contributed by atoms with Crippen LogP contribution in [0.2, 0.25) is 0 Å². The summed E-state index contributed by atoms with van der Waals surface area (Å²) in [5.41, 5.74) is 5.15. The molecule has 1 aliphatic carbocycles. The highest BCUT2D eigenvalue weighted by atomic mass is 16.1. The molecule has 4 nitrogen and oxygen atoms in total. The van der Waals surface area contributed by atoms with Gasteiger partial charge in [0.25, 0.3) is 5.91 Å². The molecule has 1 aromatic rings. The number of hydrogen-bond donors (Lipinski definition) is 3. The summed E-state index contributed by atoms with van der Waals surface area (Å²) < 4.78 is 0. The number of carbonyl (C=O) groups is 1. The van der Waals surface area contributed by atoms with Gasteiger partial charge in [0.2, 0.25) is 0 Å². The highest BCUT2D eigenvalue weighted by Crippen LogP contribution is 2.29. The van der Waals surface area contributed by atoms with E-state index >= 15 is 0 Å². The molecule has 4 N–H and O–H groups in total. The molecule has 4 heteroatoms. The van der Waals surface area contributed by atoms with Crippen LogP contribution in [0.5, 0.6) is 0 Å². The van der Waals surface area contributed by atoms with Gasteiger partial charge in [-0.05, 0) is 48.9 Å². The number of nitrogens with one attached hydrogen (secondary N) is 2. The van der Waals surface area contributed by atoms with E-state index in [1.54, 1.807) is 0 Å². The lowest BCUT2D eigenvalue weighted by atomic mass is 9.78. The van der Waals surface area contributed by atoms with Gasteiger partial charge in [0.15, 0.2) is 0 Å². The molecule has 1 aromatic carbocycles. The lowest BCUT2D eigenvalue weighted by Crippen LogP contribution is -2.43. The topological polar surface area (TPSA) is 67.2 Å². The summed E-state index contributed by atoms with van der Waals surface area (Å²) in [4.78, 5) is 12.4. The molecular weight excluding hydrogens is 250 g/mol. The predicted octanol–water partition coefficient (Wildman–Crippen LogP) is 2.84. The summed E-state index contributed by atoms with van der Waals surface area (Å²) in [6, 6.07) is 5.83. The second-order valence-electron chi connectivity index (χ2n) is 6.02. The van der Waals surface area contributed by atoms with Crippen LogP contribution in [0, 0.1) is 18.8 Å². The molecule has 0 saturated heterocycles. The van der Waals surface area contributed by atoms with Gasteiger partial charge in [-0.25, -0.2) is 0 Å². The predicted molar refractivity (Wildman–Crippen MR) is 82.4 cm³/mol. The Morgan fingerprint density at radius 2 is 2.05 bits per heavy atom. The molecule has 0 radical (unpaired) electrons. The van der Waals surface area contributed by atoms with E-state index in [4.69, 9.17) is 5.84 Å². The maximum absolute atomic E-state index is 12.4. The van der Waals surface area contributed by atoms with Crippen LogP contribution in [-0.2, 0) is 0 Å². The zero-order valence-corrected chi connectivity index (χ0v) is 12.6. The van der Waals surface area contributed by atoms with Gasteiger partial charge in [-0.15, -0.1) is 0 Å². The third-order valence-electron chi connectivity index (χ3n) is 4.67. The molecule has 2 rings (SSSR count). The second-order valence-corrected chi connectivity index (χ2v) is 6.02. The number of rotatable bonds is 3. The van der Waals surface area contributed by atoms with E-state index in [9.17, 15) is 4.79 Å². The first kappa shape index (κ1) is 14.9. The van der Waals surface area contributed by atoms with Crippen molar-refractivity contribution >= 4 is 11.6 Å². The smallest absolute Gasteiger partial charge is 0.251 e. The average Bonchev–Trinajstić information content (AvgIpc) is 2.43. The van der Waals surface area contributed by atoms with Crippen molar-refractivity contribution in [2.24, 2.45) is 17.7 Å². The molecule has 0 aromatic heterocycles. The number of hydrazine groups is 1. The third kappa shape index (κ3) is 3.12. The maximum atomic E-state index is 12.4. The largest absolute Gasteiger partial charge is 0.349 e. The minimum atomic E-state index is 0.0163. The Morgan fingerprint density at radius 3 is 2.70 bits per heavy atom. The molecule has 20 heavy (non-hydrogen) atoms. The van der Waals surface area contributed by atoms with E-state index in [1.807, 2.05) is 25.1 Å². The van der Waals surface area contributed by atoms with Crippen LogP contribution in [0.3, 0.4) is 0 Å². The fourth-order valence-electron chi connectivity index (χ4n) is 3.00. The monoisotopic (exact) mass is 275 g/mol. The summed E-state index contributed by atoms with van der Waals surface area (Å²) in [5, 5.41) is 3.19. The lowest BCUT2D eigenvalue weighted by Gasteiger charge is -2.34. The zero-order chi connectivity index (χ0) is 14.7. The number of hydrogen-bond acceptors (Lipinski definition) is 3. The van der Waals surface area contributed by atoms with Gasteiger partial charge < -0.3 is 10.7 Å². The highest BCUT2D eigenvalue weighted by molar-refractivity contribution is 5.95. The van der Waals surface area contributed by atoms with Crippen LogP contribution in [0.1, 0.15) is 49.0 Å². The van der Waals surface area contributed by atoms with Crippen molar-refractivity contribution in [1.29, 1.82) is 0 Å². The first-order chi connectivity index (χ1) is 9.52. The molecule has 1 saturated carbocycles. The van der Waals surface area contributed by atoms with Crippen LogP contribution in [-0.4, -0.2) is 11.9 Å². The SMILES string of the molecule is Cc1cc(C(=O)NC2CCCC(C)C2C)ccc1NN. The van der Waals surface area contributed by atoms with E-state index in [0.29, 0.717) is 23.4 Å². The van der Waals surface area contributed by atoms with E-state index in [2.05, 4.69) is 24.6 Å². The number of anilines is 1. The van der Waals surface area contributed by atoms with Crippen molar-refractivity contribution in [1.82, 2.24) is 5.32 Å². The molecule has 3 unspecified atom stereocenters. The van der Waals surface area contributed by atoms with Crippen LogP contribution < -0.4 is 16.6 Å². The van der Waals surface area contributed by atoms with Gasteiger partial charge in [0.1, 0.15) is 0 Å². The third-order valence-corrected chi connectivity index (χ3v) is 4.67. The minimum absolute atomic E-state index is 0.0163. The molecule has 0 heterocycles. The molecule has 1 aliphatic rings. The number of amides is 1. The number of aryl methyl sites for hydroxylation is 1. The van der Waals surface area contributed by atoms with Gasteiger partial charge in [-0.2, -0.15) is 0 Å². The van der Waals surface area contributed by atoms with Gasteiger partial charge in [0, 0.05) is 11.6 Å².